The quantitative estimate of drug-likeness (QED) is 0.729. The number of hydrogen-bond acceptors (Lipinski definition) is 2. The van der Waals surface area contributed by atoms with Crippen LogP contribution in [0.4, 0.5) is 10.1 Å². The van der Waals surface area contributed by atoms with Crippen molar-refractivity contribution in [2.45, 2.75) is 6.42 Å². The van der Waals surface area contributed by atoms with E-state index in [0.29, 0.717) is 23.2 Å². The van der Waals surface area contributed by atoms with Crippen LogP contribution in [0.3, 0.4) is 0 Å². The van der Waals surface area contributed by atoms with Gasteiger partial charge in [0.05, 0.1) is 5.02 Å². The number of aromatic nitrogens is 1. The first kappa shape index (κ1) is 17.9. The van der Waals surface area contributed by atoms with Crippen molar-refractivity contribution in [1.82, 2.24) is 9.88 Å². The van der Waals surface area contributed by atoms with Gasteiger partial charge in [-0.1, -0.05) is 29.8 Å². The van der Waals surface area contributed by atoms with Gasteiger partial charge in [0.15, 0.2) is 0 Å². The van der Waals surface area contributed by atoms with Crippen LogP contribution in [0.25, 0.3) is 10.9 Å². The van der Waals surface area contributed by atoms with E-state index in [9.17, 15) is 9.18 Å². The highest BCUT2D eigenvalue weighted by Crippen LogP contribution is 2.30. The molecule has 27 heavy (non-hydrogen) atoms. The molecule has 6 heteroatoms. The van der Waals surface area contributed by atoms with E-state index in [2.05, 4.69) is 10.2 Å². The number of benzene rings is 2. The Morgan fingerprint density at radius 1 is 1.22 bits per heavy atom. The van der Waals surface area contributed by atoms with Crippen LogP contribution >= 0.6 is 11.6 Å². The summed E-state index contributed by atoms with van der Waals surface area (Å²) in [6.45, 7) is 2.34. The highest BCUT2D eigenvalue weighted by molar-refractivity contribution is 6.38. The Labute approximate surface area is 162 Å². The van der Waals surface area contributed by atoms with Gasteiger partial charge < -0.3 is 14.8 Å². The van der Waals surface area contributed by atoms with Crippen LogP contribution in [0, 0.1) is 11.7 Å². The maximum absolute atomic E-state index is 13.1. The number of anilines is 1. The lowest BCUT2D eigenvalue weighted by Crippen LogP contribution is -2.32. The topological polar surface area (TPSA) is 37.3 Å². The number of fused-ring (bicyclic) bond motifs is 1. The van der Waals surface area contributed by atoms with Gasteiger partial charge in [-0.25, -0.2) is 4.39 Å². The lowest BCUT2D eigenvalue weighted by molar-refractivity contribution is 0.0940. The fourth-order valence-corrected chi connectivity index (χ4v) is 4.18. The molecule has 1 unspecified atom stereocenters. The van der Waals surface area contributed by atoms with Crippen molar-refractivity contribution in [2.75, 3.05) is 24.5 Å². The van der Waals surface area contributed by atoms with Gasteiger partial charge in [0.1, 0.15) is 11.5 Å². The van der Waals surface area contributed by atoms with E-state index < -0.39 is 0 Å². The molecule has 2 heterocycles. The van der Waals surface area contributed by atoms with E-state index in [1.165, 1.54) is 12.1 Å². The van der Waals surface area contributed by atoms with Crippen LogP contribution in [0.1, 0.15) is 16.9 Å². The average molecular weight is 386 g/mol. The van der Waals surface area contributed by atoms with Gasteiger partial charge in [0.2, 0.25) is 0 Å². The fraction of sp³-hybridized carbons (Fsp3) is 0.286. The Hall–Kier alpha value is -2.53. The molecule has 0 aliphatic carbocycles. The Kier molecular flexibility index (Phi) is 4.79. The SMILES string of the molecule is Cn1c(C(=O)NCC2CCN(c3ccc(F)cc3)C2)c(Cl)c2ccccc21. The Bertz CT molecular complexity index is 944. The first-order valence-electron chi connectivity index (χ1n) is 9.06. The largest absolute Gasteiger partial charge is 0.371 e. The third-order valence-corrected chi connectivity index (χ3v) is 5.67. The smallest absolute Gasteiger partial charge is 0.269 e. The van der Waals surface area contributed by atoms with Gasteiger partial charge in [-0.15, -0.1) is 0 Å². The van der Waals surface area contributed by atoms with Gasteiger partial charge in [-0.2, -0.15) is 0 Å². The van der Waals surface area contributed by atoms with Crippen molar-refractivity contribution >= 4 is 34.1 Å². The molecule has 1 aliphatic heterocycles. The molecule has 1 amide bonds. The Morgan fingerprint density at radius 3 is 2.70 bits per heavy atom. The minimum Gasteiger partial charge on any atom is -0.371 e. The van der Waals surface area contributed by atoms with Crippen molar-refractivity contribution in [3.8, 4) is 0 Å². The number of aryl methyl sites for hydroxylation is 1. The number of amides is 1. The van der Waals surface area contributed by atoms with Crippen molar-refractivity contribution < 1.29 is 9.18 Å². The van der Waals surface area contributed by atoms with E-state index in [4.69, 9.17) is 11.6 Å². The van der Waals surface area contributed by atoms with Crippen LogP contribution in [0.15, 0.2) is 48.5 Å². The second-order valence-corrected chi connectivity index (χ2v) is 7.40. The lowest BCUT2D eigenvalue weighted by Gasteiger charge is -2.19. The predicted molar refractivity (Wildman–Crippen MR) is 107 cm³/mol. The molecule has 1 saturated heterocycles. The lowest BCUT2D eigenvalue weighted by atomic mass is 10.1. The van der Waals surface area contributed by atoms with E-state index in [-0.39, 0.29) is 11.7 Å². The number of hydrogen-bond donors (Lipinski definition) is 1. The van der Waals surface area contributed by atoms with E-state index in [1.54, 1.807) is 12.1 Å². The van der Waals surface area contributed by atoms with Crippen molar-refractivity contribution in [3.63, 3.8) is 0 Å². The second-order valence-electron chi connectivity index (χ2n) is 7.03. The van der Waals surface area contributed by atoms with E-state index in [0.717, 1.165) is 36.1 Å². The molecule has 1 atom stereocenters. The molecule has 0 bridgehead atoms. The van der Waals surface area contributed by atoms with Crippen molar-refractivity contribution in [1.29, 1.82) is 0 Å². The van der Waals surface area contributed by atoms with Crippen LogP contribution < -0.4 is 10.2 Å². The van der Waals surface area contributed by atoms with Gasteiger partial charge in [0.25, 0.3) is 5.91 Å². The normalized spacial score (nSPS) is 16.9. The van der Waals surface area contributed by atoms with Gasteiger partial charge in [-0.3, -0.25) is 4.79 Å². The molecule has 1 fully saturated rings. The van der Waals surface area contributed by atoms with Crippen molar-refractivity contribution in [2.24, 2.45) is 13.0 Å². The average Bonchev–Trinajstić information content (AvgIpc) is 3.25. The minimum absolute atomic E-state index is 0.154. The molecule has 1 aliphatic rings. The molecule has 4 nitrogen and oxygen atoms in total. The molecular formula is C21H21ClFN3O. The summed E-state index contributed by atoms with van der Waals surface area (Å²) >= 11 is 6.45. The molecule has 1 N–H and O–H groups in total. The zero-order chi connectivity index (χ0) is 19.0. The molecule has 0 spiro atoms. The highest BCUT2D eigenvalue weighted by atomic mass is 35.5. The summed E-state index contributed by atoms with van der Waals surface area (Å²) < 4.78 is 14.9. The number of para-hydroxylation sites is 1. The summed E-state index contributed by atoms with van der Waals surface area (Å²) in [5.74, 6) is -0.0278. The Morgan fingerprint density at radius 2 is 1.96 bits per heavy atom. The third-order valence-electron chi connectivity index (χ3n) is 5.29. The summed E-state index contributed by atoms with van der Waals surface area (Å²) in [4.78, 5) is 15.0. The van der Waals surface area contributed by atoms with Crippen LogP contribution in [-0.2, 0) is 7.05 Å². The van der Waals surface area contributed by atoms with Gasteiger partial charge in [0, 0.05) is 43.3 Å². The minimum atomic E-state index is -0.228. The standard InChI is InChI=1S/C21H21ClFN3O/c1-25-18-5-3-2-4-17(18)19(22)20(25)21(27)24-12-14-10-11-26(13-14)16-8-6-15(23)7-9-16/h2-9,14H,10-13H2,1H3,(H,24,27). The second kappa shape index (κ2) is 7.24. The maximum Gasteiger partial charge on any atom is 0.269 e. The monoisotopic (exact) mass is 385 g/mol. The first-order valence-corrected chi connectivity index (χ1v) is 9.44. The molecule has 140 valence electrons. The number of rotatable bonds is 4. The van der Waals surface area contributed by atoms with E-state index in [1.807, 2.05) is 35.9 Å². The van der Waals surface area contributed by atoms with Gasteiger partial charge in [-0.05, 0) is 42.7 Å². The number of carbonyl (C=O) groups is 1. The summed E-state index contributed by atoms with van der Waals surface area (Å²) in [5.41, 5.74) is 2.45. The number of nitrogens with one attached hydrogen (secondary N) is 1. The molecular weight excluding hydrogens is 365 g/mol. The third kappa shape index (κ3) is 3.39. The van der Waals surface area contributed by atoms with Crippen LogP contribution in [0.2, 0.25) is 5.02 Å². The number of halogens is 2. The molecule has 2 aromatic carbocycles. The van der Waals surface area contributed by atoms with Crippen molar-refractivity contribution in [3.05, 3.63) is 65.1 Å². The fourth-order valence-electron chi connectivity index (χ4n) is 3.81. The van der Waals surface area contributed by atoms with E-state index >= 15 is 0 Å². The molecule has 1 aromatic heterocycles. The van der Waals surface area contributed by atoms with Crippen LogP contribution in [-0.4, -0.2) is 30.1 Å². The highest BCUT2D eigenvalue weighted by Gasteiger charge is 2.25. The van der Waals surface area contributed by atoms with Gasteiger partial charge >= 0.3 is 0 Å². The zero-order valence-electron chi connectivity index (χ0n) is 15.1. The summed E-state index contributed by atoms with van der Waals surface area (Å²) in [6.07, 6.45) is 0.987. The molecule has 3 aromatic rings. The summed E-state index contributed by atoms with van der Waals surface area (Å²) in [5, 5.41) is 4.41. The molecule has 4 rings (SSSR count). The predicted octanol–water partition coefficient (Wildman–Crippen LogP) is 4.23. The Balaban J connectivity index is 1.41. The summed E-state index contributed by atoms with van der Waals surface area (Å²) in [7, 11) is 1.86. The summed E-state index contributed by atoms with van der Waals surface area (Å²) in [6, 6.07) is 14.3. The first-order chi connectivity index (χ1) is 13.0. The van der Waals surface area contributed by atoms with Crippen LogP contribution in [0.5, 0.6) is 0 Å². The molecule has 0 saturated carbocycles. The number of carbonyl (C=O) groups excluding carboxylic acids is 1. The zero-order valence-corrected chi connectivity index (χ0v) is 15.8. The molecule has 0 radical (unpaired) electrons. The number of nitrogens with zero attached hydrogens (tertiary/aromatic N) is 2. The maximum atomic E-state index is 13.1.